The van der Waals surface area contributed by atoms with Crippen molar-refractivity contribution in [3.63, 3.8) is 0 Å². The molecule has 3 heteroatoms. The maximum absolute atomic E-state index is 11.2. The molecule has 1 heterocycles. The number of ether oxygens (including phenoxy) is 1. The first-order valence-electron chi connectivity index (χ1n) is 5.64. The SMILES string of the molecule is CC(=O)N(C)Cc1cccc2c1CCCO2. The second kappa shape index (κ2) is 4.56. The molecule has 1 aromatic rings. The summed E-state index contributed by atoms with van der Waals surface area (Å²) in [4.78, 5) is 12.9. The molecule has 1 amide bonds. The summed E-state index contributed by atoms with van der Waals surface area (Å²) in [6.07, 6.45) is 2.12. The van der Waals surface area contributed by atoms with E-state index in [1.807, 2.05) is 19.2 Å². The Morgan fingerprint density at radius 3 is 3.06 bits per heavy atom. The molecule has 0 aliphatic carbocycles. The van der Waals surface area contributed by atoms with E-state index in [2.05, 4.69) is 6.07 Å². The molecule has 16 heavy (non-hydrogen) atoms. The normalized spacial score (nSPS) is 13.9. The van der Waals surface area contributed by atoms with Gasteiger partial charge in [0.2, 0.25) is 5.91 Å². The van der Waals surface area contributed by atoms with E-state index in [4.69, 9.17) is 4.74 Å². The highest BCUT2D eigenvalue weighted by atomic mass is 16.5. The highest BCUT2D eigenvalue weighted by Crippen LogP contribution is 2.28. The topological polar surface area (TPSA) is 29.5 Å². The monoisotopic (exact) mass is 219 g/mol. The minimum absolute atomic E-state index is 0.0920. The van der Waals surface area contributed by atoms with Crippen LogP contribution in [0.3, 0.4) is 0 Å². The lowest BCUT2D eigenvalue weighted by Gasteiger charge is -2.22. The van der Waals surface area contributed by atoms with Crippen molar-refractivity contribution >= 4 is 5.91 Å². The summed E-state index contributed by atoms with van der Waals surface area (Å²) in [5.74, 6) is 1.08. The Morgan fingerprint density at radius 2 is 2.31 bits per heavy atom. The molecule has 1 aliphatic rings. The van der Waals surface area contributed by atoms with Crippen molar-refractivity contribution in [3.05, 3.63) is 29.3 Å². The molecule has 0 fully saturated rings. The van der Waals surface area contributed by atoms with Crippen molar-refractivity contribution in [2.24, 2.45) is 0 Å². The number of carbonyl (C=O) groups is 1. The third-order valence-electron chi connectivity index (χ3n) is 3.00. The lowest BCUT2D eigenvalue weighted by molar-refractivity contribution is -0.128. The van der Waals surface area contributed by atoms with E-state index in [9.17, 15) is 4.79 Å². The van der Waals surface area contributed by atoms with Crippen LogP contribution in [0.1, 0.15) is 24.5 Å². The van der Waals surface area contributed by atoms with E-state index in [0.717, 1.165) is 25.2 Å². The minimum Gasteiger partial charge on any atom is -0.493 e. The molecule has 0 radical (unpaired) electrons. The summed E-state index contributed by atoms with van der Waals surface area (Å²) >= 11 is 0. The van der Waals surface area contributed by atoms with Gasteiger partial charge in [-0.3, -0.25) is 4.79 Å². The zero-order chi connectivity index (χ0) is 11.5. The standard InChI is InChI=1S/C13H17NO2/c1-10(15)14(2)9-11-5-3-7-13-12(11)6-4-8-16-13/h3,5,7H,4,6,8-9H2,1-2H3. The molecule has 3 nitrogen and oxygen atoms in total. The summed E-state index contributed by atoms with van der Waals surface area (Å²) in [7, 11) is 1.82. The Kier molecular flexibility index (Phi) is 3.13. The number of fused-ring (bicyclic) bond motifs is 1. The number of benzene rings is 1. The van der Waals surface area contributed by atoms with Gasteiger partial charge in [-0.05, 0) is 30.0 Å². The van der Waals surface area contributed by atoms with Crippen LogP contribution in [0.15, 0.2) is 18.2 Å². The maximum atomic E-state index is 11.2. The van der Waals surface area contributed by atoms with Crippen LogP contribution in [0.2, 0.25) is 0 Å². The molecule has 0 spiro atoms. The van der Waals surface area contributed by atoms with Gasteiger partial charge in [0.15, 0.2) is 0 Å². The van der Waals surface area contributed by atoms with Gasteiger partial charge in [-0.25, -0.2) is 0 Å². The van der Waals surface area contributed by atoms with Crippen LogP contribution in [0, 0.1) is 0 Å². The lowest BCUT2D eigenvalue weighted by Crippen LogP contribution is -2.24. The zero-order valence-electron chi connectivity index (χ0n) is 9.82. The Bertz CT molecular complexity index is 401. The molecule has 0 atom stereocenters. The van der Waals surface area contributed by atoms with Crippen molar-refractivity contribution in [2.75, 3.05) is 13.7 Å². The van der Waals surface area contributed by atoms with E-state index < -0.39 is 0 Å². The first-order valence-corrected chi connectivity index (χ1v) is 5.64. The van der Waals surface area contributed by atoms with Gasteiger partial charge in [0.05, 0.1) is 6.61 Å². The highest BCUT2D eigenvalue weighted by Gasteiger charge is 2.15. The Morgan fingerprint density at radius 1 is 1.50 bits per heavy atom. The van der Waals surface area contributed by atoms with Crippen molar-refractivity contribution < 1.29 is 9.53 Å². The van der Waals surface area contributed by atoms with Crippen LogP contribution in [-0.4, -0.2) is 24.5 Å². The minimum atomic E-state index is 0.0920. The smallest absolute Gasteiger partial charge is 0.219 e. The van der Waals surface area contributed by atoms with Gasteiger partial charge in [0, 0.05) is 20.5 Å². The molecular formula is C13H17NO2. The maximum Gasteiger partial charge on any atom is 0.219 e. The predicted molar refractivity (Wildman–Crippen MR) is 62.4 cm³/mol. The number of rotatable bonds is 2. The predicted octanol–water partition coefficient (Wildman–Crippen LogP) is 1.99. The molecule has 0 N–H and O–H groups in total. The van der Waals surface area contributed by atoms with Gasteiger partial charge < -0.3 is 9.64 Å². The van der Waals surface area contributed by atoms with Crippen molar-refractivity contribution in [2.45, 2.75) is 26.3 Å². The highest BCUT2D eigenvalue weighted by molar-refractivity contribution is 5.72. The van der Waals surface area contributed by atoms with E-state index >= 15 is 0 Å². The van der Waals surface area contributed by atoms with Crippen LogP contribution in [0.5, 0.6) is 5.75 Å². The number of hydrogen-bond donors (Lipinski definition) is 0. The quantitative estimate of drug-likeness (QED) is 0.761. The molecule has 86 valence electrons. The van der Waals surface area contributed by atoms with Crippen molar-refractivity contribution in [1.82, 2.24) is 4.90 Å². The zero-order valence-corrected chi connectivity index (χ0v) is 9.82. The summed E-state index contributed by atoms with van der Waals surface area (Å²) in [6.45, 7) is 3.06. The van der Waals surface area contributed by atoms with Gasteiger partial charge in [-0.15, -0.1) is 0 Å². The third-order valence-corrected chi connectivity index (χ3v) is 3.00. The van der Waals surface area contributed by atoms with Crippen LogP contribution < -0.4 is 4.74 Å². The van der Waals surface area contributed by atoms with Gasteiger partial charge in [-0.1, -0.05) is 12.1 Å². The largest absolute Gasteiger partial charge is 0.493 e. The van der Waals surface area contributed by atoms with E-state index in [0.29, 0.717) is 6.54 Å². The first kappa shape index (κ1) is 11.0. The second-order valence-corrected chi connectivity index (χ2v) is 4.22. The fourth-order valence-electron chi connectivity index (χ4n) is 1.98. The van der Waals surface area contributed by atoms with E-state index in [1.165, 1.54) is 11.1 Å². The van der Waals surface area contributed by atoms with Gasteiger partial charge in [-0.2, -0.15) is 0 Å². The number of nitrogens with zero attached hydrogens (tertiary/aromatic N) is 1. The third kappa shape index (κ3) is 2.18. The summed E-state index contributed by atoms with van der Waals surface area (Å²) in [5, 5.41) is 0. The lowest BCUT2D eigenvalue weighted by atomic mass is 9.99. The average Bonchev–Trinajstić information content (AvgIpc) is 2.29. The molecule has 1 aliphatic heterocycles. The fourth-order valence-corrected chi connectivity index (χ4v) is 1.98. The molecule has 0 unspecified atom stereocenters. The Hall–Kier alpha value is -1.51. The molecule has 1 aromatic carbocycles. The molecule has 0 saturated carbocycles. The van der Waals surface area contributed by atoms with Crippen LogP contribution in [0.4, 0.5) is 0 Å². The van der Waals surface area contributed by atoms with E-state index in [-0.39, 0.29) is 5.91 Å². The number of amides is 1. The van der Waals surface area contributed by atoms with Gasteiger partial charge in [0.25, 0.3) is 0 Å². The Balaban J connectivity index is 2.24. The van der Waals surface area contributed by atoms with Crippen LogP contribution in [0.25, 0.3) is 0 Å². The molecule has 2 rings (SSSR count). The fraction of sp³-hybridized carbons (Fsp3) is 0.462. The van der Waals surface area contributed by atoms with E-state index in [1.54, 1.807) is 11.8 Å². The number of carbonyl (C=O) groups excluding carboxylic acids is 1. The van der Waals surface area contributed by atoms with Crippen molar-refractivity contribution in [3.8, 4) is 5.75 Å². The molecule has 0 aromatic heterocycles. The van der Waals surface area contributed by atoms with Gasteiger partial charge >= 0.3 is 0 Å². The molecular weight excluding hydrogens is 202 g/mol. The van der Waals surface area contributed by atoms with Crippen molar-refractivity contribution in [1.29, 1.82) is 0 Å². The average molecular weight is 219 g/mol. The summed E-state index contributed by atoms with van der Waals surface area (Å²) in [6, 6.07) is 6.08. The molecule has 0 saturated heterocycles. The molecule has 0 bridgehead atoms. The van der Waals surface area contributed by atoms with Crippen LogP contribution in [-0.2, 0) is 17.8 Å². The number of hydrogen-bond acceptors (Lipinski definition) is 2. The summed E-state index contributed by atoms with van der Waals surface area (Å²) < 4.78 is 5.60. The van der Waals surface area contributed by atoms with Gasteiger partial charge in [0.1, 0.15) is 5.75 Å². The first-order chi connectivity index (χ1) is 7.68. The Labute approximate surface area is 96.0 Å². The summed E-state index contributed by atoms with van der Waals surface area (Å²) in [5.41, 5.74) is 2.47. The van der Waals surface area contributed by atoms with Crippen LogP contribution >= 0.6 is 0 Å². The second-order valence-electron chi connectivity index (χ2n) is 4.22.